The van der Waals surface area contributed by atoms with E-state index in [2.05, 4.69) is 72.7 Å². The highest BCUT2D eigenvalue weighted by atomic mass is 14.9. The van der Waals surface area contributed by atoms with E-state index >= 15 is 0 Å². The second-order valence-corrected chi connectivity index (χ2v) is 6.98. The van der Waals surface area contributed by atoms with Crippen LogP contribution in [-0.2, 0) is 12.8 Å². The summed E-state index contributed by atoms with van der Waals surface area (Å²) in [6.07, 6.45) is 5.74. The summed E-state index contributed by atoms with van der Waals surface area (Å²) < 4.78 is 0. The van der Waals surface area contributed by atoms with Crippen molar-refractivity contribution in [3.05, 3.63) is 95.7 Å². The van der Waals surface area contributed by atoms with E-state index in [0.717, 1.165) is 46.4 Å². The topological polar surface area (TPSA) is 37.3 Å². The standard InChI is InChI=1S/C26H25N3/c1-3-19-11-7-12-20(4-2)25(19)28-18-22-10-5-6-15-23(22)29-24-16-8-13-21-14-9-17-27-26(21)24/h5-18,29H,3-4H2,1-2H3. The molecule has 3 nitrogen and oxygen atoms in total. The molecule has 0 saturated heterocycles. The highest BCUT2D eigenvalue weighted by Crippen LogP contribution is 2.28. The second-order valence-electron chi connectivity index (χ2n) is 6.98. The molecule has 0 aliphatic carbocycles. The van der Waals surface area contributed by atoms with Crippen molar-refractivity contribution in [2.45, 2.75) is 26.7 Å². The first-order valence-corrected chi connectivity index (χ1v) is 10.1. The summed E-state index contributed by atoms with van der Waals surface area (Å²) in [5.41, 5.74) is 7.68. The van der Waals surface area contributed by atoms with Gasteiger partial charge in [0, 0.05) is 29.0 Å². The number of pyridine rings is 1. The Hall–Kier alpha value is -3.46. The normalized spacial score (nSPS) is 11.2. The number of benzene rings is 3. The van der Waals surface area contributed by atoms with Crippen LogP contribution in [-0.4, -0.2) is 11.2 Å². The van der Waals surface area contributed by atoms with E-state index < -0.39 is 0 Å². The Labute approximate surface area is 172 Å². The number of rotatable bonds is 6. The summed E-state index contributed by atoms with van der Waals surface area (Å²) in [7, 11) is 0. The Morgan fingerprint density at radius 1 is 0.793 bits per heavy atom. The predicted octanol–water partition coefficient (Wildman–Crippen LogP) is 6.85. The van der Waals surface area contributed by atoms with Crippen LogP contribution in [0.15, 0.2) is 84.0 Å². The van der Waals surface area contributed by atoms with Crippen LogP contribution in [0.5, 0.6) is 0 Å². The molecular formula is C26H25N3. The molecule has 1 aromatic heterocycles. The highest BCUT2D eigenvalue weighted by Gasteiger charge is 2.07. The number of aliphatic imine (C=N–C) groups is 1. The Kier molecular flexibility index (Phi) is 5.66. The molecule has 144 valence electrons. The maximum atomic E-state index is 4.90. The molecule has 0 aliphatic heterocycles. The summed E-state index contributed by atoms with van der Waals surface area (Å²) in [4.78, 5) is 9.45. The third-order valence-electron chi connectivity index (χ3n) is 5.16. The van der Waals surface area contributed by atoms with E-state index in [1.807, 2.05) is 36.7 Å². The highest BCUT2D eigenvalue weighted by molar-refractivity contribution is 5.96. The fourth-order valence-corrected chi connectivity index (χ4v) is 3.59. The van der Waals surface area contributed by atoms with Crippen LogP contribution in [0.2, 0.25) is 0 Å². The minimum atomic E-state index is 0.964. The fourth-order valence-electron chi connectivity index (χ4n) is 3.59. The molecule has 0 radical (unpaired) electrons. The van der Waals surface area contributed by atoms with Gasteiger partial charge < -0.3 is 5.32 Å². The Morgan fingerprint density at radius 2 is 1.48 bits per heavy atom. The number of fused-ring (bicyclic) bond motifs is 1. The van der Waals surface area contributed by atoms with E-state index in [9.17, 15) is 0 Å². The van der Waals surface area contributed by atoms with Crippen molar-refractivity contribution < 1.29 is 0 Å². The number of aromatic nitrogens is 1. The molecule has 4 aromatic rings. The SMILES string of the molecule is CCc1cccc(CC)c1N=Cc1ccccc1Nc1cccc2cccnc12. The predicted molar refractivity (Wildman–Crippen MR) is 124 cm³/mol. The lowest BCUT2D eigenvalue weighted by molar-refractivity contribution is 1.08. The largest absolute Gasteiger partial charge is 0.353 e. The molecule has 0 unspecified atom stereocenters. The summed E-state index contributed by atoms with van der Waals surface area (Å²) in [6.45, 7) is 4.35. The van der Waals surface area contributed by atoms with E-state index in [0.29, 0.717) is 0 Å². The van der Waals surface area contributed by atoms with Crippen molar-refractivity contribution in [1.29, 1.82) is 0 Å². The molecule has 0 bridgehead atoms. The zero-order chi connectivity index (χ0) is 20.1. The number of aryl methyl sites for hydroxylation is 2. The molecule has 1 heterocycles. The number of hydrogen-bond acceptors (Lipinski definition) is 3. The van der Waals surface area contributed by atoms with E-state index in [4.69, 9.17) is 4.99 Å². The third kappa shape index (κ3) is 4.04. The van der Waals surface area contributed by atoms with Gasteiger partial charge in [-0.15, -0.1) is 0 Å². The van der Waals surface area contributed by atoms with Gasteiger partial charge in [-0.3, -0.25) is 9.98 Å². The zero-order valence-corrected chi connectivity index (χ0v) is 16.9. The molecule has 0 amide bonds. The molecule has 0 spiro atoms. The van der Waals surface area contributed by atoms with Crippen molar-refractivity contribution in [1.82, 2.24) is 4.98 Å². The first kappa shape index (κ1) is 18.9. The lowest BCUT2D eigenvalue weighted by atomic mass is 10.0. The smallest absolute Gasteiger partial charge is 0.0936 e. The van der Waals surface area contributed by atoms with Crippen LogP contribution < -0.4 is 5.32 Å². The first-order chi connectivity index (χ1) is 14.3. The van der Waals surface area contributed by atoms with Gasteiger partial charge in [0.2, 0.25) is 0 Å². The number of anilines is 2. The van der Waals surface area contributed by atoms with Gasteiger partial charge in [-0.2, -0.15) is 0 Å². The average molecular weight is 380 g/mol. The van der Waals surface area contributed by atoms with Gasteiger partial charge in [-0.25, -0.2) is 0 Å². The molecule has 1 N–H and O–H groups in total. The molecule has 3 heteroatoms. The van der Waals surface area contributed by atoms with Gasteiger partial charge in [0.25, 0.3) is 0 Å². The quantitative estimate of drug-likeness (QED) is 0.372. The fraction of sp³-hybridized carbons (Fsp3) is 0.154. The first-order valence-electron chi connectivity index (χ1n) is 10.1. The van der Waals surface area contributed by atoms with Crippen LogP contribution in [0.25, 0.3) is 10.9 Å². The third-order valence-corrected chi connectivity index (χ3v) is 5.16. The minimum Gasteiger partial charge on any atom is -0.353 e. The molecule has 0 aliphatic rings. The van der Waals surface area contributed by atoms with Crippen molar-refractivity contribution in [3.8, 4) is 0 Å². The van der Waals surface area contributed by atoms with Crippen molar-refractivity contribution >= 4 is 34.2 Å². The van der Waals surface area contributed by atoms with Gasteiger partial charge >= 0.3 is 0 Å². The Bertz CT molecular complexity index is 1130. The van der Waals surface area contributed by atoms with Crippen LogP contribution in [0.4, 0.5) is 17.1 Å². The molecule has 0 saturated carbocycles. The van der Waals surface area contributed by atoms with Crippen LogP contribution >= 0.6 is 0 Å². The molecule has 3 aromatic carbocycles. The maximum absolute atomic E-state index is 4.90. The van der Waals surface area contributed by atoms with E-state index in [1.165, 1.54) is 11.1 Å². The monoisotopic (exact) mass is 379 g/mol. The molecule has 4 rings (SSSR count). The van der Waals surface area contributed by atoms with Gasteiger partial charge in [0.1, 0.15) is 0 Å². The van der Waals surface area contributed by atoms with Gasteiger partial charge in [0.15, 0.2) is 0 Å². The minimum absolute atomic E-state index is 0.964. The van der Waals surface area contributed by atoms with Crippen LogP contribution in [0.1, 0.15) is 30.5 Å². The second kappa shape index (κ2) is 8.70. The summed E-state index contributed by atoms with van der Waals surface area (Å²) in [6, 6.07) is 24.9. The molecule has 0 atom stereocenters. The van der Waals surface area contributed by atoms with Crippen LogP contribution in [0, 0.1) is 0 Å². The van der Waals surface area contributed by atoms with Gasteiger partial charge in [-0.05, 0) is 42.2 Å². The number of para-hydroxylation sites is 3. The summed E-state index contributed by atoms with van der Waals surface area (Å²) in [5.74, 6) is 0. The molecular weight excluding hydrogens is 354 g/mol. The van der Waals surface area contributed by atoms with Crippen molar-refractivity contribution in [2.24, 2.45) is 4.99 Å². The maximum Gasteiger partial charge on any atom is 0.0936 e. The lowest BCUT2D eigenvalue weighted by Gasteiger charge is -2.12. The zero-order valence-electron chi connectivity index (χ0n) is 16.9. The number of hydrogen-bond donors (Lipinski definition) is 1. The van der Waals surface area contributed by atoms with Gasteiger partial charge in [-0.1, -0.05) is 68.4 Å². The van der Waals surface area contributed by atoms with E-state index in [-0.39, 0.29) is 0 Å². The number of nitrogens with one attached hydrogen (secondary N) is 1. The van der Waals surface area contributed by atoms with Gasteiger partial charge in [0.05, 0.1) is 16.9 Å². The van der Waals surface area contributed by atoms with Crippen LogP contribution in [0.3, 0.4) is 0 Å². The Balaban J connectivity index is 1.71. The number of nitrogens with zero attached hydrogens (tertiary/aromatic N) is 2. The van der Waals surface area contributed by atoms with Crippen molar-refractivity contribution in [2.75, 3.05) is 5.32 Å². The lowest BCUT2D eigenvalue weighted by Crippen LogP contribution is -1.97. The molecule has 0 fully saturated rings. The Morgan fingerprint density at radius 3 is 2.28 bits per heavy atom. The molecule has 29 heavy (non-hydrogen) atoms. The average Bonchev–Trinajstić information content (AvgIpc) is 2.78. The van der Waals surface area contributed by atoms with Crippen molar-refractivity contribution in [3.63, 3.8) is 0 Å². The summed E-state index contributed by atoms with van der Waals surface area (Å²) in [5, 5.41) is 4.67. The summed E-state index contributed by atoms with van der Waals surface area (Å²) >= 11 is 0. The van der Waals surface area contributed by atoms with E-state index in [1.54, 1.807) is 0 Å².